The van der Waals surface area contributed by atoms with Gasteiger partial charge in [-0.3, -0.25) is 9.59 Å². The molecule has 0 aliphatic rings. The van der Waals surface area contributed by atoms with Gasteiger partial charge in [0.2, 0.25) is 0 Å². The van der Waals surface area contributed by atoms with E-state index in [1.807, 2.05) is 6.08 Å². The van der Waals surface area contributed by atoms with Gasteiger partial charge in [0, 0.05) is 19.4 Å². The minimum Gasteiger partial charge on any atom is -0.462 e. The van der Waals surface area contributed by atoms with Gasteiger partial charge in [-0.1, -0.05) is 279 Å². The lowest BCUT2D eigenvalue weighted by molar-refractivity contribution is -0.162. The number of hydrogen-bond acceptors (Lipinski definition) is 5. The molecule has 70 heavy (non-hydrogen) atoms. The number of unbranched alkanes of at least 4 members (excludes halogenated alkanes) is 30. The summed E-state index contributed by atoms with van der Waals surface area (Å²) in [5.41, 5.74) is 0. The summed E-state index contributed by atoms with van der Waals surface area (Å²) in [7, 11) is 0. The Labute approximate surface area is 435 Å². The number of carbonyl (C=O) groups is 2. The Morgan fingerprint density at radius 2 is 0.671 bits per heavy atom. The molecule has 0 radical (unpaired) electrons. The summed E-state index contributed by atoms with van der Waals surface area (Å²) < 4.78 is 17.4. The van der Waals surface area contributed by atoms with E-state index in [4.69, 9.17) is 14.2 Å². The monoisotopic (exact) mass is 975 g/mol. The molecule has 1 unspecified atom stereocenters. The van der Waals surface area contributed by atoms with Crippen LogP contribution in [0.25, 0.3) is 0 Å². The van der Waals surface area contributed by atoms with Gasteiger partial charge in [-0.15, -0.1) is 0 Å². The van der Waals surface area contributed by atoms with Crippen molar-refractivity contribution in [1.29, 1.82) is 0 Å². The third kappa shape index (κ3) is 57.7. The molecule has 0 aromatic rings. The van der Waals surface area contributed by atoms with Crippen molar-refractivity contribution in [2.45, 2.75) is 297 Å². The number of carbonyl (C=O) groups excluding carboxylic acids is 2. The van der Waals surface area contributed by atoms with Crippen molar-refractivity contribution < 1.29 is 23.8 Å². The molecule has 0 heterocycles. The highest BCUT2D eigenvalue weighted by molar-refractivity contribution is 5.70. The first-order valence-electron chi connectivity index (χ1n) is 30.1. The molecule has 0 aliphatic carbocycles. The van der Waals surface area contributed by atoms with E-state index >= 15 is 0 Å². The Kier molecular flexibility index (Phi) is 57.9. The Hall–Kier alpha value is -2.92. The minimum absolute atomic E-state index is 0.0439. The van der Waals surface area contributed by atoms with Crippen molar-refractivity contribution in [2.24, 2.45) is 0 Å². The van der Waals surface area contributed by atoms with E-state index < -0.39 is 6.10 Å². The van der Waals surface area contributed by atoms with Crippen LogP contribution in [0.3, 0.4) is 0 Å². The van der Waals surface area contributed by atoms with Crippen molar-refractivity contribution in [2.75, 3.05) is 19.8 Å². The van der Waals surface area contributed by atoms with E-state index in [1.54, 1.807) is 0 Å². The Morgan fingerprint density at radius 3 is 1.09 bits per heavy atom. The van der Waals surface area contributed by atoms with Crippen LogP contribution in [-0.2, 0) is 23.8 Å². The van der Waals surface area contributed by atoms with E-state index in [-0.39, 0.29) is 25.2 Å². The molecule has 0 rings (SSSR count). The van der Waals surface area contributed by atoms with Crippen molar-refractivity contribution in [3.05, 3.63) is 85.1 Å². The van der Waals surface area contributed by atoms with Crippen LogP contribution in [0, 0.1) is 0 Å². The van der Waals surface area contributed by atoms with Gasteiger partial charge >= 0.3 is 11.9 Å². The molecular weight excluding hydrogens is 861 g/mol. The smallest absolute Gasteiger partial charge is 0.306 e. The van der Waals surface area contributed by atoms with Crippen LogP contribution in [0.15, 0.2) is 85.1 Å². The van der Waals surface area contributed by atoms with Gasteiger partial charge in [0.1, 0.15) is 6.61 Å². The van der Waals surface area contributed by atoms with Gasteiger partial charge in [0.25, 0.3) is 0 Å². The maximum absolute atomic E-state index is 12.9. The molecule has 5 nitrogen and oxygen atoms in total. The highest BCUT2D eigenvalue weighted by atomic mass is 16.6. The lowest BCUT2D eigenvalue weighted by Crippen LogP contribution is -2.30. The summed E-state index contributed by atoms with van der Waals surface area (Å²) in [5, 5.41) is 0. The SMILES string of the molecule is CC/C=C\C/C=C\C/C=C\C/C=C\C/C=C\C/C=C\CCC(=O)OCC(COCCCCCCCCCC/C=C\CCCCCCCC)OC(=O)CCCCCCCCCCCCCCCCCCC. The Bertz CT molecular complexity index is 1290. The molecule has 0 spiro atoms. The van der Waals surface area contributed by atoms with Crippen LogP contribution in [0.2, 0.25) is 0 Å². The topological polar surface area (TPSA) is 61.8 Å². The van der Waals surface area contributed by atoms with E-state index in [0.29, 0.717) is 25.9 Å². The largest absolute Gasteiger partial charge is 0.462 e. The van der Waals surface area contributed by atoms with Gasteiger partial charge < -0.3 is 14.2 Å². The van der Waals surface area contributed by atoms with Gasteiger partial charge in [0.15, 0.2) is 6.10 Å². The summed E-state index contributed by atoms with van der Waals surface area (Å²) in [6.07, 6.45) is 80.5. The molecule has 0 saturated heterocycles. The molecule has 5 heteroatoms. The van der Waals surface area contributed by atoms with Gasteiger partial charge in [-0.2, -0.15) is 0 Å². The molecule has 0 bridgehead atoms. The zero-order chi connectivity index (χ0) is 50.6. The third-order valence-corrected chi connectivity index (χ3v) is 12.9. The van der Waals surface area contributed by atoms with E-state index in [1.165, 1.54) is 186 Å². The molecule has 0 aliphatic heterocycles. The zero-order valence-corrected chi connectivity index (χ0v) is 46.5. The van der Waals surface area contributed by atoms with Crippen LogP contribution < -0.4 is 0 Å². The maximum atomic E-state index is 12.9. The fourth-order valence-corrected chi connectivity index (χ4v) is 8.47. The predicted molar refractivity (Wildman–Crippen MR) is 307 cm³/mol. The van der Waals surface area contributed by atoms with Gasteiger partial charge in [-0.05, 0) is 83.5 Å². The summed E-state index contributed by atoms with van der Waals surface area (Å²) in [4.78, 5) is 25.5. The molecule has 0 fully saturated rings. The number of ether oxygens (including phenoxy) is 3. The normalized spacial score (nSPS) is 12.8. The fraction of sp³-hybridized carbons (Fsp3) is 0.754. The lowest BCUT2D eigenvalue weighted by atomic mass is 10.0. The number of esters is 2. The second kappa shape index (κ2) is 60.4. The van der Waals surface area contributed by atoms with Crippen LogP contribution >= 0.6 is 0 Å². The predicted octanol–water partition coefficient (Wildman–Crippen LogP) is 20.8. The third-order valence-electron chi connectivity index (χ3n) is 12.9. The molecule has 0 aromatic heterocycles. The van der Waals surface area contributed by atoms with Crippen LogP contribution in [0.5, 0.6) is 0 Å². The highest BCUT2D eigenvalue weighted by Gasteiger charge is 2.17. The number of allylic oxidation sites excluding steroid dienone is 14. The zero-order valence-electron chi connectivity index (χ0n) is 46.5. The molecular formula is C65H114O5. The molecule has 0 saturated carbocycles. The minimum atomic E-state index is -0.571. The van der Waals surface area contributed by atoms with Gasteiger partial charge in [-0.25, -0.2) is 0 Å². The summed E-state index contributed by atoms with van der Waals surface area (Å²) >= 11 is 0. The van der Waals surface area contributed by atoms with Crippen LogP contribution in [-0.4, -0.2) is 37.9 Å². The van der Waals surface area contributed by atoms with Gasteiger partial charge in [0.05, 0.1) is 6.61 Å². The maximum Gasteiger partial charge on any atom is 0.306 e. The number of hydrogen-bond donors (Lipinski definition) is 0. The van der Waals surface area contributed by atoms with E-state index in [9.17, 15) is 9.59 Å². The Balaban J connectivity index is 4.37. The van der Waals surface area contributed by atoms with Crippen molar-refractivity contribution in [3.63, 3.8) is 0 Å². The van der Waals surface area contributed by atoms with Crippen molar-refractivity contribution in [1.82, 2.24) is 0 Å². The molecule has 404 valence electrons. The second-order valence-corrected chi connectivity index (χ2v) is 19.9. The fourth-order valence-electron chi connectivity index (χ4n) is 8.47. The number of rotatable bonds is 55. The molecule has 0 N–H and O–H groups in total. The van der Waals surface area contributed by atoms with Crippen LogP contribution in [0.1, 0.15) is 290 Å². The summed E-state index contributed by atoms with van der Waals surface area (Å²) in [5.74, 6) is -0.485. The molecule has 0 amide bonds. The quantitative estimate of drug-likeness (QED) is 0.0345. The lowest BCUT2D eigenvalue weighted by Gasteiger charge is -2.18. The highest BCUT2D eigenvalue weighted by Crippen LogP contribution is 2.16. The Morgan fingerprint density at radius 1 is 0.329 bits per heavy atom. The summed E-state index contributed by atoms with van der Waals surface area (Å²) in [6.45, 7) is 7.66. The van der Waals surface area contributed by atoms with E-state index in [0.717, 1.165) is 64.2 Å². The first-order valence-corrected chi connectivity index (χ1v) is 30.1. The summed E-state index contributed by atoms with van der Waals surface area (Å²) in [6, 6.07) is 0. The van der Waals surface area contributed by atoms with E-state index in [2.05, 4.69) is 99.8 Å². The first kappa shape index (κ1) is 67.1. The van der Waals surface area contributed by atoms with Crippen molar-refractivity contribution >= 4 is 11.9 Å². The first-order chi connectivity index (χ1) is 34.6. The average molecular weight is 976 g/mol. The molecule has 0 aromatic carbocycles. The molecule has 1 atom stereocenters. The van der Waals surface area contributed by atoms with Crippen LogP contribution in [0.4, 0.5) is 0 Å². The average Bonchev–Trinajstić information content (AvgIpc) is 3.36. The standard InChI is InChI=1S/C65H114O5/c1-4-7-10-13-16-19-22-25-28-31-33-35-37-40-43-46-49-52-55-58-64(66)69-62-63(61-68-60-57-54-51-48-45-42-39-36-32-29-26-23-20-17-14-11-8-5-2)70-65(67)59-56-53-50-47-44-41-38-34-30-27-24-21-18-15-12-9-6-3/h7,10,16,19,25-26,28-29,33,35,40,43,49,52,63H,4-6,8-9,11-15,17-18,20-24,27,30-32,34,36-39,41-42,44-48,50-51,53-62H2,1-3H3/b10-7-,19-16-,28-25-,29-26-,35-33-,43-40-,52-49-. The van der Waals surface area contributed by atoms with Crippen molar-refractivity contribution in [3.8, 4) is 0 Å². The second-order valence-electron chi connectivity index (χ2n) is 19.9.